The summed E-state index contributed by atoms with van der Waals surface area (Å²) in [4.78, 5) is 14.0. The first-order valence-corrected chi connectivity index (χ1v) is 8.05. The highest BCUT2D eigenvalue weighted by Gasteiger charge is 2.58. The van der Waals surface area contributed by atoms with Crippen molar-refractivity contribution in [2.24, 2.45) is 29.1 Å². The highest BCUT2D eigenvalue weighted by molar-refractivity contribution is 5.76. The van der Waals surface area contributed by atoms with E-state index >= 15 is 0 Å². The van der Waals surface area contributed by atoms with Gasteiger partial charge in [0.05, 0.1) is 6.10 Å². The van der Waals surface area contributed by atoms with E-state index in [1.165, 1.54) is 6.42 Å². The summed E-state index contributed by atoms with van der Waals surface area (Å²) >= 11 is 0. The molecule has 3 aliphatic carbocycles. The van der Waals surface area contributed by atoms with Crippen LogP contribution in [0.4, 0.5) is 0 Å². The molecule has 0 saturated heterocycles. The molecule has 2 bridgehead atoms. The third kappa shape index (κ3) is 1.93. The molecule has 0 aromatic rings. The van der Waals surface area contributed by atoms with Crippen molar-refractivity contribution >= 4 is 5.91 Å². The lowest BCUT2D eigenvalue weighted by Gasteiger charge is -2.51. The van der Waals surface area contributed by atoms with Crippen LogP contribution in [0.5, 0.6) is 0 Å². The first kappa shape index (κ1) is 14.1. The van der Waals surface area contributed by atoms with Gasteiger partial charge in [-0.1, -0.05) is 19.1 Å². The van der Waals surface area contributed by atoms with Crippen LogP contribution >= 0.6 is 0 Å². The van der Waals surface area contributed by atoms with Crippen LogP contribution in [0.2, 0.25) is 0 Å². The summed E-state index contributed by atoms with van der Waals surface area (Å²) in [5, 5.41) is 10.4. The maximum Gasteiger partial charge on any atom is 0.222 e. The van der Waals surface area contributed by atoms with Gasteiger partial charge in [-0.15, -0.1) is 0 Å². The molecule has 3 rings (SSSR count). The number of carbonyl (C=O) groups is 1. The zero-order valence-electron chi connectivity index (χ0n) is 12.9. The van der Waals surface area contributed by atoms with Gasteiger partial charge in [-0.2, -0.15) is 0 Å². The van der Waals surface area contributed by atoms with Crippen molar-refractivity contribution in [1.29, 1.82) is 0 Å². The Kier molecular flexibility index (Phi) is 3.44. The van der Waals surface area contributed by atoms with Crippen LogP contribution in [0.3, 0.4) is 0 Å². The fourth-order valence-electron chi connectivity index (χ4n) is 5.24. The first-order chi connectivity index (χ1) is 9.48. The van der Waals surface area contributed by atoms with Crippen molar-refractivity contribution in [2.75, 3.05) is 14.1 Å². The van der Waals surface area contributed by atoms with Crippen LogP contribution in [0.25, 0.3) is 0 Å². The molecule has 0 aromatic carbocycles. The highest BCUT2D eigenvalue weighted by atomic mass is 16.3. The van der Waals surface area contributed by atoms with E-state index in [2.05, 4.69) is 19.1 Å². The Balaban J connectivity index is 1.90. The van der Waals surface area contributed by atoms with Crippen molar-refractivity contribution in [3.05, 3.63) is 12.2 Å². The van der Waals surface area contributed by atoms with Crippen molar-refractivity contribution < 1.29 is 9.90 Å². The molecule has 3 nitrogen and oxygen atoms in total. The molecule has 0 aromatic heterocycles. The van der Waals surface area contributed by atoms with Gasteiger partial charge < -0.3 is 10.0 Å². The van der Waals surface area contributed by atoms with Gasteiger partial charge in [0.2, 0.25) is 5.91 Å². The molecule has 2 saturated carbocycles. The van der Waals surface area contributed by atoms with Gasteiger partial charge in [0.15, 0.2) is 0 Å². The predicted octanol–water partition coefficient (Wildman–Crippen LogP) is 2.45. The Morgan fingerprint density at radius 1 is 1.35 bits per heavy atom. The minimum absolute atomic E-state index is 0.107. The molecule has 1 amide bonds. The Labute approximate surface area is 122 Å². The Morgan fingerprint density at radius 3 is 2.70 bits per heavy atom. The van der Waals surface area contributed by atoms with Crippen LogP contribution in [-0.4, -0.2) is 36.1 Å². The van der Waals surface area contributed by atoms with E-state index in [1.807, 2.05) is 14.1 Å². The maximum absolute atomic E-state index is 12.3. The largest absolute Gasteiger partial charge is 0.393 e. The Hall–Kier alpha value is -0.830. The second-order valence-corrected chi connectivity index (χ2v) is 7.34. The van der Waals surface area contributed by atoms with E-state index in [0.29, 0.717) is 30.1 Å². The average molecular weight is 277 g/mol. The van der Waals surface area contributed by atoms with Gasteiger partial charge in [0.1, 0.15) is 0 Å². The number of aliphatic hydroxyl groups is 1. The molecular formula is C17H27NO2. The fourth-order valence-corrected chi connectivity index (χ4v) is 5.24. The maximum atomic E-state index is 12.3. The topological polar surface area (TPSA) is 40.5 Å². The molecule has 0 heterocycles. The smallest absolute Gasteiger partial charge is 0.222 e. The summed E-state index contributed by atoms with van der Waals surface area (Å²) in [6, 6.07) is 0. The quantitative estimate of drug-likeness (QED) is 0.805. The summed E-state index contributed by atoms with van der Waals surface area (Å²) in [5.74, 6) is 2.30. The van der Waals surface area contributed by atoms with Crippen LogP contribution in [0, 0.1) is 29.1 Å². The van der Waals surface area contributed by atoms with Crippen molar-refractivity contribution in [3.63, 3.8) is 0 Å². The minimum Gasteiger partial charge on any atom is -0.393 e. The van der Waals surface area contributed by atoms with Gasteiger partial charge in [0, 0.05) is 20.5 Å². The number of rotatable bonds is 3. The minimum atomic E-state index is -0.158. The summed E-state index contributed by atoms with van der Waals surface area (Å²) in [7, 11) is 3.70. The van der Waals surface area contributed by atoms with E-state index in [9.17, 15) is 9.90 Å². The van der Waals surface area contributed by atoms with E-state index < -0.39 is 0 Å². The molecular weight excluding hydrogens is 250 g/mol. The Bertz CT molecular complexity index is 431. The summed E-state index contributed by atoms with van der Waals surface area (Å²) in [6.45, 7) is 2.23. The molecule has 6 atom stereocenters. The van der Waals surface area contributed by atoms with E-state index in [-0.39, 0.29) is 17.4 Å². The number of carbonyl (C=O) groups excluding carboxylic acids is 1. The number of hydrogen-bond acceptors (Lipinski definition) is 2. The molecule has 20 heavy (non-hydrogen) atoms. The highest BCUT2D eigenvalue weighted by Crippen LogP contribution is 2.62. The summed E-state index contributed by atoms with van der Waals surface area (Å²) < 4.78 is 0. The second kappa shape index (κ2) is 4.87. The molecule has 3 heteroatoms. The molecule has 1 N–H and O–H groups in total. The number of allylic oxidation sites excluding steroid dienone is 2. The summed E-state index contributed by atoms with van der Waals surface area (Å²) in [6.07, 6.45) is 9.29. The zero-order chi connectivity index (χ0) is 14.5. The lowest BCUT2D eigenvalue weighted by molar-refractivity contribution is -0.136. The monoisotopic (exact) mass is 277 g/mol. The number of hydrogen-bond donors (Lipinski definition) is 1. The van der Waals surface area contributed by atoms with Crippen LogP contribution < -0.4 is 0 Å². The SMILES string of the molecule is CC[C@@]1(CC(=O)N(C)C)CC[C@@H](O)[C@@H]2[C@H]1[C@@H]1C=C[C@H]2C1. The van der Waals surface area contributed by atoms with Gasteiger partial charge >= 0.3 is 0 Å². The number of fused-ring (bicyclic) bond motifs is 5. The Morgan fingerprint density at radius 2 is 2.05 bits per heavy atom. The van der Waals surface area contributed by atoms with Crippen LogP contribution in [-0.2, 0) is 4.79 Å². The predicted molar refractivity (Wildman–Crippen MR) is 79.0 cm³/mol. The normalized spacial score (nSPS) is 45.5. The van der Waals surface area contributed by atoms with Gasteiger partial charge in [-0.3, -0.25) is 4.79 Å². The van der Waals surface area contributed by atoms with Gasteiger partial charge in [-0.05, 0) is 54.8 Å². The third-order valence-corrected chi connectivity index (χ3v) is 6.32. The molecule has 112 valence electrons. The van der Waals surface area contributed by atoms with Crippen molar-refractivity contribution in [2.45, 2.75) is 45.1 Å². The van der Waals surface area contributed by atoms with Crippen LogP contribution in [0.1, 0.15) is 39.0 Å². The standard InChI is InChI=1S/C17H27NO2/c1-4-17(10-14(20)18(2)3)8-7-13(19)15-11-5-6-12(9-11)16(15)17/h5-6,11-13,15-16,19H,4,7-10H2,1-3H3/t11-,12+,13+,15+,16+,17-/m0/s1. The van der Waals surface area contributed by atoms with Crippen molar-refractivity contribution in [3.8, 4) is 0 Å². The summed E-state index contributed by atoms with van der Waals surface area (Å²) in [5.41, 5.74) is 0.107. The van der Waals surface area contributed by atoms with Gasteiger partial charge in [-0.25, -0.2) is 0 Å². The molecule has 0 spiro atoms. The van der Waals surface area contributed by atoms with E-state index in [1.54, 1.807) is 4.90 Å². The van der Waals surface area contributed by atoms with Gasteiger partial charge in [0.25, 0.3) is 0 Å². The molecule has 0 unspecified atom stereocenters. The average Bonchev–Trinajstić information content (AvgIpc) is 3.03. The van der Waals surface area contributed by atoms with E-state index in [4.69, 9.17) is 0 Å². The van der Waals surface area contributed by atoms with E-state index in [0.717, 1.165) is 19.3 Å². The fraction of sp³-hybridized carbons (Fsp3) is 0.824. The lowest BCUT2D eigenvalue weighted by Crippen LogP contribution is -2.49. The molecule has 0 radical (unpaired) electrons. The van der Waals surface area contributed by atoms with Crippen LogP contribution in [0.15, 0.2) is 12.2 Å². The zero-order valence-corrected chi connectivity index (χ0v) is 12.9. The first-order valence-electron chi connectivity index (χ1n) is 8.05. The molecule has 3 aliphatic rings. The lowest BCUT2D eigenvalue weighted by atomic mass is 9.55. The third-order valence-electron chi connectivity index (χ3n) is 6.32. The number of amides is 1. The molecule has 0 aliphatic heterocycles. The van der Waals surface area contributed by atoms with Crippen molar-refractivity contribution in [1.82, 2.24) is 4.90 Å². The second-order valence-electron chi connectivity index (χ2n) is 7.34. The number of aliphatic hydroxyl groups excluding tert-OH is 1. The molecule has 2 fully saturated rings. The number of nitrogens with zero attached hydrogens (tertiary/aromatic N) is 1.